The number of benzene rings is 1. The summed E-state index contributed by atoms with van der Waals surface area (Å²) in [4.78, 5) is 0.0196. The van der Waals surface area contributed by atoms with Crippen LogP contribution in [0.1, 0.15) is 0 Å². The summed E-state index contributed by atoms with van der Waals surface area (Å²) in [6, 6.07) is 2.96. The Morgan fingerprint density at radius 3 is 2.59 bits per heavy atom. The lowest BCUT2D eigenvalue weighted by Crippen LogP contribution is -2.20. The first-order chi connectivity index (χ1) is 7.87. The Kier molecular flexibility index (Phi) is 3.42. The topological polar surface area (TPSA) is 54.4 Å². The standard InChI is InChI=1S/C10H10F2O3S2/c11-6-1-2-7(12)9(3-6)16-10-5-17(14,15)4-8(10)13/h1-3,8,10,13H,4-5H2. The van der Waals surface area contributed by atoms with Crippen LogP contribution in [0.3, 0.4) is 0 Å². The summed E-state index contributed by atoms with van der Waals surface area (Å²) in [5, 5.41) is 8.89. The zero-order valence-corrected chi connectivity index (χ0v) is 10.3. The second-order valence-electron chi connectivity index (χ2n) is 3.88. The Balaban J connectivity index is 2.19. The SMILES string of the molecule is O=S1(=O)CC(O)C(Sc2cc(F)ccc2F)C1. The van der Waals surface area contributed by atoms with Gasteiger partial charge in [0.25, 0.3) is 0 Å². The fourth-order valence-electron chi connectivity index (χ4n) is 1.64. The third kappa shape index (κ3) is 2.97. The molecule has 0 amide bonds. The smallest absolute Gasteiger partial charge is 0.154 e. The van der Waals surface area contributed by atoms with Gasteiger partial charge < -0.3 is 5.11 Å². The van der Waals surface area contributed by atoms with Gasteiger partial charge in [-0.1, -0.05) is 0 Å². The molecule has 1 saturated heterocycles. The zero-order valence-electron chi connectivity index (χ0n) is 8.64. The Morgan fingerprint density at radius 1 is 1.29 bits per heavy atom. The van der Waals surface area contributed by atoms with E-state index in [1.165, 1.54) is 0 Å². The number of hydrogen-bond donors (Lipinski definition) is 1. The molecule has 0 aliphatic carbocycles. The molecule has 1 heterocycles. The van der Waals surface area contributed by atoms with Gasteiger partial charge in [-0.3, -0.25) is 0 Å². The lowest BCUT2D eigenvalue weighted by atomic mass is 10.3. The van der Waals surface area contributed by atoms with Crippen molar-refractivity contribution in [2.24, 2.45) is 0 Å². The Labute approximate surface area is 102 Å². The van der Waals surface area contributed by atoms with Crippen LogP contribution in [0.5, 0.6) is 0 Å². The van der Waals surface area contributed by atoms with E-state index in [-0.39, 0.29) is 16.4 Å². The molecule has 0 spiro atoms. The molecule has 0 saturated carbocycles. The number of sulfone groups is 1. The van der Waals surface area contributed by atoms with Crippen LogP contribution in [-0.4, -0.2) is 36.4 Å². The van der Waals surface area contributed by atoms with Crippen LogP contribution in [-0.2, 0) is 9.84 Å². The third-order valence-electron chi connectivity index (χ3n) is 2.44. The first-order valence-electron chi connectivity index (χ1n) is 4.87. The number of hydrogen-bond acceptors (Lipinski definition) is 4. The maximum Gasteiger partial charge on any atom is 0.154 e. The molecule has 0 bridgehead atoms. The quantitative estimate of drug-likeness (QED) is 0.885. The molecular formula is C10H10F2O3S2. The molecule has 2 rings (SSSR count). The van der Waals surface area contributed by atoms with E-state index >= 15 is 0 Å². The summed E-state index contributed by atoms with van der Waals surface area (Å²) in [6.07, 6.45) is -1.03. The van der Waals surface area contributed by atoms with Crippen molar-refractivity contribution >= 4 is 21.6 Å². The molecule has 2 atom stereocenters. The molecule has 2 unspecified atom stereocenters. The number of aliphatic hydroxyl groups excluding tert-OH is 1. The number of aliphatic hydroxyl groups is 1. The van der Waals surface area contributed by atoms with Crippen LogP contribution in [0.2, 0.25) is 0 Å². The minimum atomic E-state index is -3.27. The van der Waals surface area contributed by atoms with Crippen LogP contribution in [0.15, 0.2) is 23.1 Å². The zero-order chi connectivity index (χ0) is 12.6. The number of thioether (sulfide) groups is 1. The van der Waals surface area contributed by atoms with E-state index < -0.39 is 32.8 Å². The average Bonchev–Trinajstić information content (AvgIpc) is 2.46. The molecule has 1 fully saturated rings. The molecule has 1 aromatic rings. The van der Waals surface area contributed by atoms with E-state index in [1.807, 2.05) is 0 Å². The highest BCUT2D eigenvalue weighted by molar-refractivity contribution is 8.02. The van der Waals surface area contributed by atoms with Gasteiger partial charge in [-0.15, -0.1) is 11.8 Å². The Morgan fingerprint density at radius 2 is 2.00 bits per heavy atom. The predicted molar refractivity (Wildman–Crippen MR) is 60.7 cm³/mol. The fraction of sp³-hybridized carbons (Fsp3) is 0.400. The van der Waals surface area contributed by atoms with Gasteiger partial charge in [-0.25, -0.2) is 17.2 Å². The second-order valence-corrected chi connectivity index (χ2v) is 7.31. The van der Waals surface area contributed by atoms with Crippen molar-refractivity contribution in [1.82, 2.24) is 0 Å². The summed E-state index contributed by atoms with van der Waals surface area (Å²) in [6.45, 7) is 0. The average molecular weight is 280 g/mol. The van der Waals surface area contributed by atoms with Crippen molar-refractivity contribution in [1.29, 1.82) is 0 Å². The van der Waals surface area contributed by atoms with Crippen molar-refractivity contribution in [3.05, 3.63) is 29.8 Å². The molecular weight excluding hydrogens is 270 g/mol. The number of halogens is 2. The van der Waals surface area contributed by atoms with E-state index in [0.29, 0.717) is 0 Å². The molecule has 0 aromatic heterocycles. The van der Waals surface area contributed by atoms with Crippen molar-refractivity contribution in [2.75, 3.05) is 11.5 Å². The van der Waals surface area contributed by atoms with Crippen molar-refractivity contribution in [3.8, 4) is 0 Å². The Hall–Kier alpha value is -0.660. The Bertz CT molecular complexity index is 530. The molecule has 3 nitrogen and oxygen atoms in total. The first-order valence-corrected chi connectivity index (χ1v) is 7.58. The highest BCUT2D eigenvalue weighted by atomic mass is 32.2. The van der Waals surface area contributed by atoms with E-state index in [2.05, 4.69) is 0 Å². The highest BCUT2D eigenvalue weighted by Gasteiger charge is 2.37. The van der Waals surface area contributed by atoms with Gasteiger partial charge in [0, 0.05) is 4.90 Å². The van der Waals surface area contributed by atoms with Crippen LogP contribution in [0, 0.1) is 11.6 Å². The first kappa shape index (κ1) is 12.8. The summed E-state index contributed by atoms with van der Waals surface area (Å²) in [5.74, 6) is -1.74. The van der Waals surface area contributed by atoms with Gasteiger partial charge >= 0.3 is 0 Å². The third-order valence-corrected chi connectivity index (χ3v) is 5.72. The molecule has 94 valence electrons. The highest BCUT2D eigenvalue weighted by Crippen LogP contribution is 2.33. The van der Waals surface area contributed by atoms with Gasteiger partial charge in [0.2, 0.25) is 0 Å². The molecule has 17 heavy (non-hydrogen) atoms. The van der Waals surface area contributed by atoms with Crippen molar-refractivity contribution in [2.45, 2.75) is 16.2 Å². The monoisotopic (exact) mass is 280 g/mol. The van der Waals surface area contributed by atoms with Crippen LogP contribution in [0.25, 0.3) is 0 Å². The van der Waals surface area contributed by atoms with Crippen LogP contribution in [0.4, 0.5) is 8.78 Å². The van der Waals surface area contributed by atoms with E-state index in [1.54, 1.807) is 0 Å². The molecule has 1 aromatic carbocycles. The normalized spacial score (nSPS) is 27.2. The summed E-state index contributed by atoms with van der Waals surface area (Å²) >= 11 is 0.858. The molecule has 0 radical (unpaired) electrons. The predicted octanol–water partition coefficient (Wildman–Crippen LogP) is 1.21. The van der Waals surface area contributed by atoms with Gasteiger partial charge in [0.15, 0.2) is 9.84 Å². The second kappa shape index (κ2) is 4.55. The summed E-state index contributed by atoms with van der Waals surface area (Å²) < 4.78 is 48.7. The summed E-state index contributed by atoms with van der Waals surface area (Å²) in [5.41, 5.74) is 0. The van der Waals surface area contributed by atoms with E-state index in [4.69, 9.17) is 0 Å². The van der Waals surface area contributed by atoms with E-state index in [9.17, 15) is 22.3 Å². The van der Waals surface area contributed by atoms with Gasteiger partial charge in [-0.05, 0) is 18.2 Å². The largest absolute Gasteiger partial charge is 0.391 e. The van der Waals surface area contributed by atoms with Gasteiger partial charge in [-0.2, -0.15) is 0 Å². The molecule has 1 aliphatic heterocycles. The maximum absolute atomic E-state index is 13.3. The minimum absolute atomic E-state index is 0.0196. The van der Waals surface area contributed by atoms with Crippen LogP contribution >= 0.6 is 11.8 Å². The van der Waals surface area contributed by atoms with Gasteiger partial charge in [0.1, 0.15) is 11.6 Å². The van der Waals surface area contributed by atoms with Crippen molar-refractivity contribution in [3.63, 3.8) is 0 Å². The number of rotatable bonds is 2. The molecule has 7 heteroatoms. The van der Waals surface area contributed by atoms with E-state index in [0.717, 1.165) is 30.0 Å². The summed E-state index contributed by atoms with van der Waals surface area (Å²) in [7, 11) is -3.27. The van der Waals surface area contributed by atoms with Gasteiger partial charge in [0.05, 0.1) is 22.9 Å². The van der Waals surface area contributed by atoms with Crippen LogP contribution < -0.4 is 0 Å². The lowest BCUT2D eigenvalue weighted by molar-refractivity contribution is 0.207. The molecule has 1 aliphatic rings. The minimum Gasteiger partial charge on any atom is -0.391 e. The maximum atomic E-state index is 13.3. The van der Waals surface area contributed by atoms with Crippen molar-refractivity contribution < 1.29 is 22.3 Å². The fourth-order valence-corrected chi connectivity index (χ4v) is 5.21. The molecule has 1 N–H and O–H groups in total. The lowest BCUT2D eigenvalue weighted by Gasteiger charge is -2.12.